The summed E-state index contributed by atoms with van der Waals surface area (Å²) in [5.41, 5.74) is 6.04. The fraction of sp³-hybridized carbons (Fsp3) is 0.833. The Morgan fingerprint density at radius 2 is 2.00 bits per heavy atom. The normalized spacial score (nSPS) is 27.8. The third-order valence-corrected chi connectivity index (χ3v) is 4.30. The molecule has 112 valence electrons. The Bertz CT molecular complexity index is 484. The van der Waals surface area contributed by atoms with Crippen LogP contribution >= 0.6 is 0 Å². The first-order valence-electron chi connectivity index (χ1n) is 6.92. The maximum Gasteiger partial charge on any atom is 0.451 e. The average Bonchev–Trinajstić information content (AvgIpc) is 2.95. The van der Waals surface area contributed by atoms with Crippen molar-refractivity contribution in [3.05, 3.63) is 11.6 Å². The first-order chi connectivity index (χ1) is 9.45. The highest BCUT2D eigenvalue weighted by Crippen LogP contribution is 2.30. The van der Waals surface area contributed by atoms with Gasteiger partial charge in [-0.05, 0) is 18.8 Å². The van der Waals surface area contributed by atoms with Gasteiger partial charge in [-0.15, -0.1) is 10.2 Å². The van der Waals surface area contributed by atoms with E-state index in [1.807, 2.05) is 0 Å². The highest BCUT2D eigenvalue weighted by Gasteiger charge is 2.39. The van der Waals surface area contributed by atoms with Crippen LogP contribution in [0.2, 0.25) is 0 Å². The Morgan fingerprint density at radius 1 is 1.20 bits per heavy atom. The molecule has 0 bridgehead atoms. The molecule has 2 aliphatic rings. The Kier molecular flexibility index (Phi) is 3.45. The molecule has 0 amide bonds. The van der Waals surface area contributed by atoms with Crippen LogP contribution in [0.25, 0.3) is 0 Å². The largest absolute Gasteiger partial charge is 0.451 e. The van der Waals surface area contributed by atoms with Crippen LogP contribution in [0.1, 0.15) is 30.9 Å². The predicted molar refractivity (Wildman–Crippen MR) is 65.6 cm³/mol. The summed E-state index contributed by atoms with van der Waals surface area (Å²) < 4.78 is 39.4. The number of fused-ring (bicyclic) bond motifs is 1. The van der Waals surface area contributed by atoms with Crippen LogP contribution in [0.3, 0.4) is 0 Å². The van der Waals surface area contributed by atoms with Gasteiger partial charge in [-0.25, -0.2) is 0 Å². The van der Waals surface area contributed by atoms with Crippen molar-refractivity contribution in [1.82, 2.24) is 19.7 Å². The average molecular weight is 289 g/mol. The van der Waals surface area contributed by atoms with Crippen LogP contribution in [-0.4, -0.2) is 38.8 Å². The van der Waals surface area contributed by atoms with E-state index in [1.165, 1.54) is 4.57 Å². The summed E-state index contributed by atoms with van der Waals surface area (Å²) in [6.45, 7) is 2.15. The Labute approximate surface area is 114 Å². The molecule has 1 aromatic heterocycles. The van der Waals surface area contributed by atoms with E-state index in [-0.39, 0.29) is 6.04 Å². The third kappa shape index (κ3) is 2.54. The number of halogens is 3. The van der Waals surface area contributed by atoms with E-state index in [1.54, 1.807) is 0 Å². The van der Waals surface area contributed by atoms with Gasteiger partial charge in [-0.2, -0.15) is 13.2 Å². The number of nitrogens with two attached hydrogens (primary N) is 1. The fourth-order valence-electron chi connectivity index (χ4n) is 3.20. The number of aromatic nitrogens is 3. The van der Waals surface area contributed by atoms with Gasteiger partial charge in [0.25, 0.3) is 0 Å². The summed E-state index contributed by atoms with van der Waals surface area (Å²) in [6.07, 6.45) is -1.12. The van der Waals surface area contributed by atoms with E-state index in [9.17, 15) is 13.2 Å². The van der Waals surface area contributed by atoms with Gasteiger partial charge in [-0.3, -0.25) is 4.90 Å². The van der Waals surface area contributed by atoms with Crippen molar-refractivity contribution < 1.29 is 13.2 Å². The molecule has 5 nitrogen and oxygen atoms in total. The van der Waals surface area contributed by atoms with Crippen LogP contribution in [0.4, 0.5) is 13.2 Å². The molecule has 2 N–H and O–H groups in total. The second-order valence-electron chi connectivity index (χ2n) is 5.68. The minimum absolute atomic E-state index is 0.223. The van der Waals surface area contributed by atoms with Gasteiger partial charge < -0.3 is 10.3 Å². The molecule has 2 unspecified atom stereocenters. The van der Waals surface area contributed by atoms with Crippen molar-refractivity contribution >= 4 is 0 Å². The smallest absolute Gasteiger partial charge is 0.327 e. The number of hydrogen-bond acceptors (Lipinski definition) is 4. The molecular weight excluding hydrogens is 271 g/mol. The van der Waals surface area contributed by atoms with E-state index in [0.717, 1.165) is 25.8 Å². The molecule has 0 radical (unpaired) electrons. The van der Waals surface area contributed by atoms with Crippen molar-refractivity contribution in [3.63, 3.8) is 0 Å². The fourth-order valence-corrected chi connectivity index (χ4v) is 3.20. The first-order valence-corrected chi connectivity index (χ1v) is 6.92. The van der Waals surface area contributed by atoms with Crippen LogP contribution in [-0.2, 0) is 19.3 Å². The molecule has 1 aliphatic carbocycles. The highest BCUT2D eigenvalue weighted by atomic mass is 19.4. The van der Waals surface area contributed by atoms with Gasteiger partial charge in [-0.1, -0.05) is 6.42 Å². The van der Waals surface area contributed by atoms with Gasteiger partial charge in [0.05, 0.1) is 6.54 Å². The van der Waals surface area contributed by atoms with E-state index in [4.69, 9.17) is 5.73 Å². The third-order valence-electron chi connectivity index (χ3n) is 4.30. The maximum atomic E-state index is 12.7. The Morgan fingerprint density at radius 3 is 2.65 bits per heavy atom. The zero-order valence-electron chi connectivity index (χ0n) is 11.1. The van der Waals surface area contributed by atoms with Crippen molar-refractivity contribution in [1.29, 1.82) is 0 Å². The molecule has 3 rings (SSSR count). The lowest BCUT2D eigenvalue weighted by molar-refractivity contribution is -0.148. The molecular formula is C12H18F3N5. The van der Waals surface area contributed by atoms with Gasteiger partial charge in [0.15, 0.2) is 0 Å². The standard InChI is InChI=1S/C12H18F3N5/c13-12(14,15)11-18-17-10-7-19(4-5-20(10)11)6-8-2-1-3-9(8)16/h8-9H,1-7,16H2. The molecule has 2 heterocycles. The SMILES string of the molecule is NC1CCCC1CN1CCn2c(nnc2C(F)(F)F)C1. The molecule has 1 saturated carbocycles. The number of hydrogen-bond donors (Lipinski definition) is 1. The molecule has 0 spiro atoms. The van der Waals surface area contributed by atoms with Crippen LogP contribution in [0.15, 0.2) is 0 Å². The van der Waals surface area contributed by atoms with Crippen molar-refractivity contribution in [2.45, 2.75) is 44.6 Å². The summed E-state index contributed by atoms with van der Waals surface area (Å²) >= 11 is 0. The van der Waals surface area contributed by atoms with E-state index < -0.39 is 12.0 Å². The topological polar surface area (TPSA) is 60.0 Å². The van der Waals surface area contributed by atoms with Crippen molar-refractivity contribution in [2.75, 3.05) is 13.1 Å². The van der Waals surface area contributed by atoms with Gasteiger partial charge >= 0.3 is 6.18 Å². The number of nitrogens with zero attached hydrogens (tertiary/aromatic N) is 4. The highest BCUT2D eigenvalue weighted by molar-refractivity contribution is 5.02. The minimum Gasteiger partial charge on any atom is -0.327 e. The lowest BCUT2D eigenvalue weighted by Crippen LogP contribution is -2.41. The van der Waals surface area contributed by atoms with Crippen LogP contribution < -0.4 is 5.73 Å². The zero-order valence-corrected chi connectivity index (χ0v) is 11.1. The van der Waals surface area contributed by atoms with E-state index in [2.05, 4.69) is 15.1 Å². The molecule has 1 fully saturated rings. The quantitative estimate of drug-likeness (QED) is 0.890. The van der Waals surface area contributed by atoms with E-state index in [0.29, 0.717) is 31.4 Å². The molecule has 20 heavy (non-hydrogen) atoms. The minimum atomic E-state index is -4.43. The lowest BCUT2D eigenvalue weighted by atomic mass is 10.0. The zero-order chi connectivity index (χ0) is 14.3. The number of rotatable bonds is 2. The maximum absolute atomic E-state index is 12.7. The first kappa shape index (κ1) is 13.8. The van der Waals surface area contributed by atoms with Gasteiger partial charge in [0.2, 0.25) is 5.82 Å². The van der Waals surface area contributed by atoms with Gasteiger partial charge in [0.1, 0.15) is 5.82 Å². The summed E-state index contributed by atoms with van der Waals surface area (Å²) in [5.74, 6) is -0.0357. The number of alkyl halides is 3. The summed E-state index contributed by atoms with van der Waals surface area (Å²) in [4.78, 5) is 2.14. The molecule has 0 aromatic carbocycles. The Hall–Kier alpha value is -1.15. The molecule has 1 aliphatic heterocycles. The predicted octanol–water partition coefficient (Wildman–Crippen LogP) is 1.24. The van der Waals surface area contributed by atoms with E-state index >= 15 is 0 Å². The van der Waals surface area contributed by atoms with Gasteiger partial charge in [0, 0.05) is 25.7 Å². The van der Waals surface area contributed by atoms with Crippen molar-refractivity contribution in [3.8, 4) is 0 Å². The summed E-state index contributed by atoms with van der Waals surface area (Å²) in [7, 11) is 0. The van der Waals surface area contributed by atoms with Crippen LogP contribution in [0.5, 0.6) is 0 Å². The molecule has 8 heteroatoms. The molecule has 2 atom stereocenters. The van der Waals surface area contributed by atoms with Crippen molar-refractivity contribution in [2.24, 2.45) is 11.7 Å². The second-order valence-corrected chi connectivity index (χ2v) is 5.68. The van der Waals surface area contributed by atoms with Crippen LogP contribution in [0, 0.1) is 5.92 Å². The second kappa shape index (κ2) is 5.00. The lowest BCUT2D eigenvalue weighted by Gasteiger charge is -2.31. The summed E-state index contributed by atoms with van der Waals surface area (Å²) in [6, 6.07) is 0.223. The molecule has 1 aromatic rings. The summed E-state index contributed by atoms with van der Waals surface area (Å²) in [5, 5.41) is 6.97. The Balaban J connectivity index is 1.69. The monoisotopic (exact) mass is 289 g/mol. The molecule has 0 saturated heterocycles.